The van der Waals surface area contributed by atoms with E-state index in [0.717, 1.165) is 48.6 Å². The Labute approximate surface area is 217 Å². The number of carbonyl (C=O) groups excluding carboxylic acids is 1. The second-order valence-electron chi connectivity index (χ2n) is 11.2. The molecule has 3 aliphatic rings. The van der Waals surface area contributed by atoms with E-state index >= 15 is 0 Å². The van der Waals surface area contributed by atoms with E-state index in [4.69, 9.17) is 14.7 Å². The molecule has 10 heteroatoms. The number of nitrogens with one attached hydrogen (secondary N) is 2. The number of fused-ring (bicyclic) bond motifs is 3. The van der Waals surface area contributed by atoms with Crippen molar-refractivity contribution in [2.75, 3.05) is 36.4 Å². The van der Waals surface area contributed by atoms with Crippen LogP contribution in [0.5, 0.6) is 0 Å². The summed E-state index contributed by atoms with van der Waals surface area (Å²) in [6.07, 6.45) is 1.55. The van der Waals surface area contributed by atoms with Gasteiger partial charge in [-0.1, -0.05) is 20.8 Å². The van der Waals surface area contributed by atoms with Crippen LogP contribution >= 0.6 is 0 Å². The molecule has 2 bridgehead atoms. The van der Waals surface area contributed by atoms with Crippen molar-refractivity contribution in [1.82, 2.24) is 20.2 Å². The van der Waals surface area contributed by atoms with Gasteiger partial charge in [0.2, 0.25) is 0 Å². The number of benzene rings is 1. The van der Waals surface area contributed by atoms with Gasteiger partial charge in [-0.2, -0.15) is 0 Å². The molecule has 3 amide bonds. The minimum atomic E-state index is -0.938. The molecule has 0 aliphatic carbocycles. The Morgan fingerprint density at radius 3 is 2.35 bits per heavy atom. The molecule has 3 aliphatic heterocycles. The number of hydrogen-bond donors (Lipinski definition) is 3. The number of aromatic nitrogens is 2. The fourth-order valence-electron chi connectivity index (χ4n) is 5.59. The molecule has 1 unspecified atom stereocenters. The van der Waals surface area contributed by atoms with Gasteiger partial charge in [0.1, 0.15) is 5.82 Å². The first-order valence-corrected chi connectivity index (χ1v) is 13.1. The third-order valence-corrected chi connectivity index (χ3v) is 7.49. The van der Waals surface area contributed by atoms with Crippen LogP contribution in [-0.2, 0) is 11.3 Å². The lowest BCUT2D eigenvalue weighted by Gasteiger charge is -2.43. The maximum atomic E-state index is 12.1. The molecule has 0 saturated carbocycles. The number of nitrogens with zero attached hydrogens (tertiary/aromatic N) is 4. The van der Waals surface area contributed by atoms with Gasteiger partial charge in [0.25, 0.3) is 0 Å². The van der Waals surface area contributed by atoms with Gasteiger partial charge in [0, 0.05) is 48.9 Å². The summed E-state index contributed by atoms with van der Waals surface area (Å²) in [5.74, 6) is 1.41. The molecule has 1 aromatic heterocycles. The monoisotopic (exact) mass is 508 g/mol. The van der Waals surface area contributed by atoms with Crippen molar-refractivity contribution < 1.29 is 19.4 Å². The number of anilines is 2. The van der Waals surface area contributed by atoms with Crippen molar-refractivity contribution in [3.05, 3.63) is 35.5 Å². The van der Waals surface area contributed by atoms with E-state index in [2.05, 4.69) is 36.3 Å². The van der Waals surface area contributed by atoms with Crippen LogP contribution in [-0.4, -0.2) is 70.5 Å². The lowest BCUT2D eigenvalue weighted by molar-refractivity contribution is 0.0300. The third kappa shape index (κ3) is 5.20. The molecule has 2 aromatic rings. The average Bonchev–Trinajstić information content (AvgIpc) is 3.19. The Balaban J connectivity index is 1.57. The molecule has 3 N–H and O–H groups in total. The van der Waals surface area contributed by atoms with E-state index in [0.29, 0.717) is 24.6 Å². The summed E-state index contributed by atoms with van der Waals surface area (Å²) in [5.41, 5.74) is 3.12. The molecular formula is C27H36N6O4. The van der Waals surface area contributed by atoms with E-state index in [1.54, 1.807) is 0 Å². The van der Waals surface area contributed by atoms with Gasteiger partial charge in [0.05, 0.1) is 24.4 Å². The SMILES string of the molecule is CCNC(=O)Nc1ccc(-c2nc3c(c(N4C[C@H]5CC[C@@H](C4)O5)n2)C(C(C)(C)C)CN(C(=O)O)C3)cc1. The number of ether oxygens (including phenoxy) is 1. The van der Waals surface area contributed by atoms with Crippen molar-refractivity contribution in [1.29, 1.82) is 0 Å². The molecule has 37 heavy (non-hydrogen) atoms. The van der Waals surface area contributed by atoms with Crippen LogP contribution in [0.15, 0.2) is 24.3 Å². The second kappa shape index (κ2) is 9.81. The van der Waals surface area contributed by atoms with Crippen molar-refractivity contribution in [2.24, 2.45) is 5.41 Å². The van der Waals surface area contributed by atoms with Crippen LogP contribution in [0.2, 0.25) is 0 Å². The highest BCUT2D eigenvalue weighted by molar-refractivity contribution is 5.89. The summed E-state index contributed by atoms with van der Waals surface area (Å²) in [7, 11) is 0. The lowest BCUT2D eigenvalue weighted by Crippen LogP contribution is -2.46. The van der Waals surface area contributed by atoms with Crippen molar-refractivity contribution in [3.8, 4) is 11.4 Å². The number of amides is 3. The molecule has 3 atom stereocenters. The highest BCUT2D eigenvalue weighted by Gasteiger charge is 2.42. The molecule has 10 nitrogen and oxygen atoms in total. The molecule has 2 fully saturated rings. The maximum absolute atomic E-state index is 12.1. The van der Waals surface area contributed by atoms with E-state index in [1.165, 1.54) is 4.90 Å². The number of morpholine rings is 1. The van der Waals surface area contributed by atoms with Crippen LogP contribution in [0.4, 0.5) is 21.1 Å². The van der Waals surface area contributed by atoms with Crippen molar-refractivity contribution in [3.63, 3.8) is 0 Å². The summed E-state index contributed by atoms with van der Waals surface area (Å²) < 4.78 is 6.10. The largest absolute Gasteiger partial charge is 0.465 e. The van der Waals surface area contributed by atoms with Crippen molar-refractivity contribution >= 4 is 23.6 Å². The van der Waals surface area contributed by atoms with Gasteiger partial charge in [-0.05, 0) is 49.4 Å². The topological polar surface area (TPSA) is 120 Å². The standard InChI is InChI=1S/C27H36N6O4/c1-5-28-25(34)29-17-8-6-16(7-9-17)23-30-21-15-33(26(35)36)14-20(27(2,3)4)22(21)24(31-23)32-12-18-10-11-19(13-32)37-18/h6-9,18-20H,5,10-15H2,1-4H3,(H,35,36)(H2,28,29,34)/t18-,19+,20?. The first-order chi connectivity index (χ1) is 17.6. The molecule has 1 aromatic carbocycles. The summed E-state index contributed by atoms with van der Waals surface area (Å²) in [5, 5.41) is 15.4. The van der Waals surface area contributed by atoms with Gasteiger partial charge < -0.3 is 30.3 Å². The normalized spacial score (nSPS) is 23.0. The van der Waals surface area contributed by atoms with E-state index < -0.39 is 6.09 Å². The summed E-state index contributed by atoms with van der Waals surface area (Å²) in [4.78, 5) is 37.8. The van der Waals surface area contributed by atoms with Crippen LogP contribution in [0.1, 0.15) is 57.7 Å². The predicted molar refractivity (Wildman–Crippen MR) is 141 cm³/mol. The minimum absolute atomic E-state index is 0.0412. The molecule has 198 valence electrons. The highest BCUT2D eigenvalue weighted by atomic mass is 16.5. The molecule has 5 rings (SSSR count). The van der Waals surface area contributed by atoms with E-state index in [1.807, 2.05) is 31.2 Å². The Morgan fingerprint density at radius 2 is 1.76 bits per heavy atom. The van der Waals surface area contributed by atoms with Gasteiger partial charge in [-0.15, -0.1) is 0 Å². The van der Waals surface area contributed by atoms with Gasteiger partial charge >= 0.3 is 12.1 Å². The summed E-state index contributed by atoms with van der Waals surface area (Å²) in [6.45, 7) is 11.0. The van der Waals surface area contributed by atoms with Gasteiger partial charge in [-0.25, -0.2) is 19.6 Å². The maximum Gasteiger partial charge on any atom is 0.407 e. The Morgan fingerprint density at radius 1 is 1.08 bits per heavy atom. The second-order valence-corrected chi connectivity index (χ2v) is 11.2. The zero-order valence-corrected chi connectivity index (χ0v) is 22.0. The zero-order valence-electron chi connectivity index (χ0n) is 22.0. The van der Waals surface area contributed by atoms with E-state index in [9.17, 15) is 14.7 Å². The molecule has 2 saturated heterocycles. The molecule has 0 spiro atoms. The third-order valence-electron chi connectivity index (χ3n) is 7.49. The number of rotatable bonds is 4. The Bertz CT molecular complexity index is 1170. The smallest absolute Gasteiger partial charge is 0.407 e. The first-order valence-electron chi connectivity index (χ1n) is 13.1. The predicted octanol–water partition coefficient (Wildman–Crippen LogP) is 4.28. The van der Waals surface area contributed by atoms with E-state index in [-0.39, 0.29) is 36.1 Å². The summed E-state index contributed by atoms with van der Waals surface area (Å²) in [6, 6.07) is 7.16. The lowest BCUT2D eigenvalue weighted by atomic mass is 9.74. The summed E-state index contributed by atoms with van der Waals surface area (Å²) >= 11 is 0. The van der Waals surface area contributed by atoms with Crippen LogP contribution < -0.4 is 15.5 Å². The molecule has 4 heterocycles. The fourth-order valence-corrected chi connectivity index (χ4v) is 5.59. The van der Waals surface area contributed by atoms with Gasteiger partial charge in [0.15, 0.2) is 5.82 Å². The number of urea groups is 1. The molecule has 0 radical (unpaired) electrons. The zero-order chi connectivity index (χ0) is 26.3. The fraction of sp³-hybridized carbons (Fsp3) is 0.556. The highest BCUT2D eigenvalue weighted by Crippen LogP contribution is 2.45. The molecular weight excluding hydrogens is 472 g/mol. The average molecular weight is 509 g/mol. The Hall–Kier alpha value is -3.40. The minimum Gasteiger partial charge on any atom is -0.465 e. The quantitative estimate of drug-likeness (QED) is 0.564. The number of carbonyl (C=O) groups is 2. The first kappa shape index (κ1) is 25.3. The van der Waals surface area contributed by atoms with Crippen LogP contribution in [0.25, 0.3) is 11.4 Å². The van der Waals surface area contributed by atoms with Crippen molar-refractivity contribution in [2.45, 2.75) is 65.2 Å². The van der Waals surface area contributed by atoms with Gasteiger partial charge in [-0.3, -0.25) is 0 Å². The number of carboxylic acid groups (broad SMARTS) is 1. The Kier molecular flexibility index (Phi) is 6.70. The number of hydrogen-bond acceptors (Lipinski definition) is 6. The van der Waals surface area contributed by atoms with Crippen LogP contribution in [0.3, 0.4) is 0 Å². The van der Waals surface area contributed by atoms with Crippen LogP contribution in [0, 0.1) is 5.41 Å².